The van der Waals surface area contributed by atoms with Crippen molar-refractivity contribution >= 4 is 22.5 Å². The third-order valence-corrected chi connectivity index (χ3v) is 4.87. The molecule has 1 heterocycles. The first kappa shape index (κ1) is 18.9. The number of pyridine rings is 1. The average Bonchev–Trinajstić information content (AvgIpc) is 2.61. The van der Waals surface area contributed by atoms with E-state index < -0.39 is 0 Å². The summed E-state index contributed by atoms with van der Waals surface area (Å²) in [6.07, 6.45) is 0. The zero-order chi connectivity index (χ0) is 19.8. The van der Waals surface area contributed by atoms with Crippen LogP contribution in [-0.4, -0.2) is 18.0 Å². The molecule has 4 heteroatoms. The molecule has 0 unspecified atom stereocenters. The van der Waals surface area contributed by atoms with Crippen LogP contribution in [0.2, 0.25) is 0 Å². The number of anilines is 1. The first-order chi connectivity index (χ1) is 12.7. The lowest BCUT2D eigenvalue weighted by Gasteiger charge is -2.21. The van der Waals surface area contributed by atoms with Crippen LogP contribution in [-0.2, 0) is 5.41 Å². The van der Waals surface area contributed by atoms with Crippen molar-refractivity contribution in [2.45, 2.75) is 40.0 Å². The molecule has 0 spiro atoms. The Morgan fingerprint density at radius 1 is 1.07 bits per heavy atom. The van der Waals surface area contributed by atoms with Crippen molar-refractivity contribution in [1.29, 1.82) is 0 Å². The number of para-hydroxylation sites is 1. The normalized spacial score (nSPS) is 11.5. The van der Waals surface area contributed by atoms with Gasteiger partial charge in [0, 0.05) is 5.39 Å². The Labute approximate surface area is 160 Å². The lowest BCUT2D eigenvalue weighted by atomic mass is 9.86. The predicted octanol–water partition coefficient (Wildman–Crippen LogP) is 5.41. The van der Waals surface area contributed by atoms with Gasteiger partial charge in [-0.15, -0.1) is 0 Å². The fraction of sp³-hybridized carbons (Fsp3) is 0.304. The van der Waals surface area contributed by atoms with E-state index in [4.69, 9.17) is 4.74 Å². The van der Waals surface area contributed by atoms with Crippen LogP contribution >= 0.6 is 0 Å². The molecule has 27 heavy (non-hydrogen) atoms. The van der Waals surface area contributed by atoms with Gasteiger partial charge < -0.3 is 10.1 Å². The number of nitrogens with zero attached hydrogens (tertiary/aromatic N) is 1. The fourth-order valence-electron chi connectivity index (χ4n) is 3.32. The van der Waals surface area contributed by atoms with E-state index in [0.717, 1.165) is 27.7 Å². The van der Waals surface area contributed by atoms with Crippen molar-refractivity contribution in [3.8, 4) is 5.75 Å². The summed E-state index contributed by atoms with van der Waals surface area (Å²) in [6, 6.07) is 13.8. The molecule has 0 fully saturated rings. The van der Waals surface area contributed by atoms with Crippen molar-refractivity contribution < 1.29 is 9.53 Å². The molecule has 1 N–H and O–H groups in total. The minimum atomic E-state index is -0.174. The summed E-state index contributed by atoms with van der Waals surface area (Å²) in [4.78, 5) is 17.7. The standard InChI is InChI=1S/C23H26N2O2/c1-14-17-9-7-8-10-18(17)24-15(2)21(14)22(26)25-19-13-16(23(3,4)5)11-12-20(19)27-6/h7-13H,1-6H3,(H,25,26). The van der Waals surface area contributed by atoms with E-state index in [0.29, 0.717) is 17.0 Å². The summed E-state index contributed by atoms with van der Waals surface area (Å²) in [7, 11) is 1.61. The highest BCUT2D eigenvalue weighted by molar-refractivity contribution is 6.09. The molecule has 0 aliphatic heterocycles. The summed E-state index contributed by atoms with van der Waals surface area (Å²) < 4.78 is 5.45. The number of methoxy groups -OCH3 is 1. The molecule has 0 atom stereocenters. The Hall–Kier alpha value is -2.88. The van der Waals surface area contributed by atoms with Crippen molar-refractivity contribution in [2.24, 2.45) is 0 Å². The molecule has 3 aromatic rings. The summed E-state index contributed by atoms with van der Waals surface area (Å²) in [5, 5.41) is 4.02. The van der Waals surface area contributed by atoms with Gasteiger partial charge >= 0.3 is 0 Å². The zero-order valence-electron chi connectivity index (χ0n) is 16.8. The minimum Gasteiger partial charge on any atom is -0.495 e. The second kappa shape index (κ2) is 7.03. The molecule has 1 aromatic heterocycles. The number of hydrogen-bond acceptors (Lipinski definition) is 3. The van der Waals surface area contributed by atoms with Gasteiger partial charge in [0.15, 0.2) is 0 Å². The molecule has 0 saturated heterocycles. The summed E-state index contributed by atoms with van der Waals surface area (Å²) in [6.45, 7) is 10.3. The van der Waals surface area contributed by atoms with Crippen molar-refractivity contribution in [2.75, 3.05) is 12.4 Å². The minimum absolute atomic E-state index is 0.0257. The summed E-state index contributed by atoms with van der Waals surface area (Å²) >= 11 is 0. The van der Waals surface area contributed by atoms with Gasteiger partial charge in [-0.05, 0) is 48.6 Å². The molecule has 3 rings (SSSR count). The molecule has 0 aliphatic carbocycles. The van der Waals surface area contributed by atoms with Crippen molar-refractivity contribution in [3.63, 3.8) is 0 Å². The maximum atomic E-state index is 13.1. The van der Waals surface area contributed by atoms with E-state index in [9.17, 15) is 4.79 Å². The Bertz CT molecular complexity index is 1020. The van der Waals surface area contributed by atoms with Gasteiger partial charge in [-0.25, -0.2) is 0 Å². The molecule has 1 amide bonds. The third kappa shape index (κ3) is 3.65. The molecule has 0 aliphatic rings. The number of aromatic nitrogens is 1. The van der Waals surface area contributed by atoms with Gasteiger partial charge in [-0.2, -0.15) is 0 Å². The molecule has 4 nitrogen and oxygen atoms in total. The number of carbonyl (C=O) groups excluding carboxylic acids is 1. The number of ether oxygens (including phenoxy) is 1. The van der Waals surface area contributed by atoms with Crippen LogP contribution in [0.25, 0.3) is 10.9 Å². The van der Waals surface area contributed by atoms with Gasteiger partial charge in [-0.3, -0.25) is 9.78 Å². The van der Waals surface area contributed by atoms with Gasteiger partial charge in [0.1, 0.15) is 5.75 Å². The number of amides is 1. The van der Waals surface area contributed by atoms with Gasteiger partial charge in [0.2, 0.25) is 0 Å². The molecular formula is C23H26N2O2. The van der Waals surface area contributed by atoms with Crippen LogP contribution in [0.1, 0.15) is 48.0 Å². The van der Waals surface area contributed by atoms with Crippen LogP contribution in [0.3, 0.4) is 0 Å². The quantitative estimate of drug-likeness (QED) is 0.678. The Morgan fingerprint density at radius 2 is 1.78 bits per heavy atom. The van der Waals surface area contributed by atoms with E-state index in [1.54, 1.807) is 7.11 Å². The molecular weight excluding hydrogens is 336 g/mol. The molecule has 0 radical (unpaired) electrons. The van der Waals surface area contributed by atoms with E-state index in [1.165, 1.54) is 0 Å². The second-order valence-electron chi connectivity index (χ2n) is 7.83. The van der Waals surface area contributed by atoms with Crippen molar-refractivity contribution in [3.05, 3.63) is 64.8 Å². The predicted molar refractivity (Wildman–Crippen MR) is 111 cm³/mol. The number of carbonyl (C=O) groups is 1. The van der Waals surface area contributed by atoms with Crippen LogP contribution in [0.5, 0.6) is 5.75 Å². The second-order valence-corrected chi connectivity index (χ2v) is 7.83. The van der Waals surface area contributed by atoms with E-state index in [1.807, 2.05) is 56.3 Å². The summed E-state index contributed by atoms with van der Waals surface area (Å²) in [5.41, 5.74) is 4.93. The van der Waals surface area contributed by atoms with Crippen LogP contribution < -0.4 is 10.1 Å². The zero-order valence-corrected chi connectivity index (χ0v) is 16.8. The number of hydrogen-bond donors (Lipinski definition) is 1. The number of fused-ring (bicyclic) bond motifs is 1. The van der Waals surface area contributed by atoms with Gasteiger partial charge in [-0.1, -0.05) is 45.0 Å². The first-order valence-corrected chi connectivity index (χ1v) is 9.08. The maximum absolute atomic E-state index is 13.1. The number of aryl methyl sites for hydroxylation is 2. The van der Waals surface area contributed by atoms with Crippen LogP contribution in [0.15, 0.2) is 42.5 Å². The fourth-order valence-corrected chi connectivity index (χ4v) is 3.32. The highest BCUT2D eigenvalue weighted by Crippen LogP contribution is 2.32. The first-order valence-electron chi connectivity index (χ1n) is 9.08. The Morgan fingerprint density at radius 3 is 2.44 bits per heavy atom. The van der Waals surface area contributed by atoms with E-state index >= 15 is 0 Å². The highest BCUT2D eigenvalue weighted by Gasteiger charge is 2.20. The largest absolute Gasteiger partial charge is 0.495 e. The topological polar surface area (TPSA) is 51.2 Å². The lowest BCUT2D eigenvalue weighted by molar-refractivity contribution is 0.102. The van der Waals surface area contributed by atoms with Crippen LogP contribution in [0.4, 0.5) is 5.69 Å². The maximum Gasteiger partial charge on any atom is 0.257 e. The number of benzene rings is 2. The smallest absolute Gasteiger partial charge is 0.257 e. The molecule has 0 bridgehead atoms. The van der Waals surface area contributed by atoms with Gasteiger partial charge in [0.25, 0.3) is 5.91 Å². The SMILES string of the molecule is COc1ccc(C(C)(C)C)cc1NC(=O)c1c(C)nc2ccccc2c1C. The number of nitrogens with one attached hydrogen (secondary N) is 1. The number of rotatable bonds is 3. The van der Waals surface area contributed by atoms with Gasteiger partial charge in [0.05, 0.1) is 29.6 Å². The van der Waals surface area contributed by atoms with E-state index in [-0.39, 0.29) is 11.3 Å². The van der Waals surface area contributed by atoms with Crippen LogP contribution in [0, 0.1) is 13.8 Å². The van der Waals surface area contributed by atoms with E-state index in [2.05, 4.69) is 31.1 Å². The Balaban J connectivity index is 2.05. The molecule has 0 saturated carbocycles. The monoisotopic (exact) mass is 362 g/mol. The lowest BCUT2D eigenvalue weighted by Crippen LogP contribution is -2.18. The highest BCUT2D eigenvalue weighted by atomic mass is 16.5. The Kier molecular flexibility index (Phi) is 4.92. The van der Waals surface area contributed by atoms with Crippen molar-refractivity contribution in [1.82, 2.24) is 4.98 Å². The average molecular weight is 362 g/mol. The molecule has 140 valence electrons. The third-order valence-electron chi connectivity index (χ3n) is 4.87. The molecule has 2 aromatic carbocycles. The summed E-state index contributed by atoms with van der Waals surface area (Å²) in [5.74, 6) is 0.466.